The Kier molecular flexibility index (Phi) is 2.32. The Morgan fingerprint density at radius 1 is 1.54 bits per heavy atom. The molecule has 0 amide bonds. The molecule has 0 spiro atoms. The Balaban J connectivity index is 2.11. The van der Waals surface area contributed by atoms with Crippen molar-refractivity contribution < 1.29 is 0 Å². The van der Waals surface area contributed by atoms with E-state index in [0.29, 0.717) is 0 Å². The number of rotatable bonds is 2. The van der Waals surface area contributed by atoms with Crippen LogP contribution in [0.4, 0.5) is 0 Å². The third kappa shape index (κ3) is 1.73. The molecule has 0 radical (unpaired) electrons. The minimum absolute atomic E-state index is 0.0630. The van der Waals surface area contributed by atoms with Crippen LogP contribution in [0, 0.1) is 16.7 Å². The maximum absolute atomic E-state index is 9.15. The van der Waals surface area contributed by atoms with Gasteiger partial charge >= 0.3 is 0 Å². The fraction of sp³-hybridized carbons (Fsp3) is 0.600. The summed E-state index contributed by atoms with van der Waals surface area (Å²) in [4.78, 5) is 1.25. The standard InChI is InChI=1S/C10H12N2S/c11-8-10(4-1-2-5-10)7-9-3-6-12-13-9/h3,6H,1-2,4-5,7H2. The first-order valence-corrected chi connectivity index (χ1v) is 5.43. The highest BCUT2D eigenvalue weighted by Crippen LogP contribution is 2.40. The monoisotopic (exact) mass is 192 g/mol. The van der Waals surface area contributed by atoms with E-state index in [2.05, 4.69) is 10.4 Å². The summed E-state index contributed by atoms with van der Waals surface area (Å²) < 4.78 is 4.06. The van der Waals surface area contributed by atoms with Crippen LogP contribution >= 0.6 is 11.5 Å². The van der Waals surface area contributed by atoms with Crippen LogP contribution < -0.4 is 0 Å². The molecule has 0 aliphatic heterocycles. The van der Waals surface area contributed by atoms with E-state index < -0.39 is 0 Å². The number of aromatic nitrogens is 1. The van der Waals surface area contributed by atoms with Gasteiger partial charge in [0.25, 0.3) is 0 Å². The molecule has 0 saturated heterocycles. The van der Waals surface area contributed by atoms with Crippen LogP contribution in [0.3, 0.4) is 0 Å². The molecule has 1 aromatic rings. The minimum atomic E-state index is -0.0630. The van der Waals surface area contributed by atoms with Crippen molar-refractivity contribution in [3.63, 3.8) is 0 Å². The summed E-state index contributed by atoms with van der Waals surface area (Å²) >= 11 is 1.52. The van der Waals surface area contributed by atoms with Crippen molar-refractivity contribution in [2.24, 2.45) is 5.41 Å². The van der Waals surface area contributed by atoms with Crippen molar-refractivity contribution in [1.29, 1.82) is 5.26 Å². The molecule has 2 nitrogen and oxygen atoms in total. The van der Waals surface area contributed by atoms with E-state index in [4.69, 9.17) is 5.26 Å². The third-order valence-corrected chi connectivity index (χ3v) is 3.54. The van der Waals surface area contributed by atoms with Crippen molar-refractivity contribution in [2.75, 3.05) is 0 Å². The lowest BCUT2D eigenvalue weighted by Gasteiger charge is -2.18. The predicted octanol–water partition coefficient (Wildman–Crippen LogP) is 2.77. The molecule has 0 atom stereocenters. The fourth-order valence-electron chi connectivity index (χ4n) is 2.05. The molecule has 1 aliphatic rings. The molecule has 0 unspecified atom stereocenters. The fourth-order valence-corrected chi connectivity index (χ4v) is 2.77. The van der Waals surface area contributed by atoms with Crippen LogP contribution in [-0.2, 0) is 6.42 Å². The smallest absolute Gasteiger partial charge is 0.0693 e. The second-order valence-corrected chi connectivity index (χ2v) is 4.67. The Hall–Kier alpha value is -0.880. The zero-order valence-electron chi connectivity index (χ0n) is 7.49. The van der Waals surface area contributed by atoms with Gasteiger partial charge in [-0.3, -0.25) is 0 Å². The average molecular weight is 192 g/mol. The quantitative estimate of drug-likeness (QED) is 0.722. The van der Waals surface area contributed by atoms with Gasteiger partial charge in [-0.15, -0.1) is 0 Å². The summed E-state index contributed by atoms with van der Waals surface area (Å²) in [7, 11) is 0. The Morgan fingerprint density at radius 2 is 2.31 bits per heavy atom. The molecule has 1 aromatic heterocycles. The van der Waals surface area contributed by atoms with Gasteiger partial charge in [0.05, 0.1) is 11.5 Å². The Labute approximate surface area is 82.4 Å². The van der Waals surface area contributed by atoms with Gasteiger partial charge in [0.2, 0.25) is 0 Å². The molecule has 2 rings (SSSR count). The van der Waals surface area contributed by atoms with Gasteiger partial charge in [0.1, 0.15) is 0 Å². The first-order chi connectivity index (χ1) is 6.35. The third-order valence-electron chi connectivity index (χ3n) is 2.80. The lowest BCUT2D eigenvalue weighted by atomic mass is 9.84. The van der Waals surface area contributed by atoms with Gasteiger partial charge in [0.15, 0.2) is 0 Å². The molecule has 0 aromatic carbocycles. The van der Waals surface area contributed by atoms with Crippen molar-refractivity contribution in [3.05, 3.63) is 17.1 Å². The molecule has 1 heterocycles. The zero-order valence-corrected chi connectivity index (χ0v) is 8.31. The van der Waals surface area contributed by atoms with Crippen molar-refractivity contribution in [3.8, 4) is 6.07 Å². The highest BCUT2D eigenvalue weighted by Gasteiger charge is 2.34. The van der Waals surface area contributed by atoms with Gasteiger partial charge in [-0.25, -0.2) is 4.37 Å². The van der Waals surface area contributed by atoms with E-state index >= 15 is 0 Å². The second kappa shape index (κ2) is 3.47. The van der Waals surface area contributed by atoms with E-state index in [9.17, 15) is 0 Å². The van der Waals surface area contributed by atoms with Gasteiger partial charge in [-0.05, 0) is 30.4 Å². The SMILES string of the molecule is N#CC1(Cc2ccns2)CCCC1. The molecule has 1 saturated carbocycles. The maximum atomic E-state index is 9.15. The highest BCUT2D eigenvalue weighted by atomic mass is 32.1. The summed E-state index contributed by atoms with van der Waals surface area (Å²) in [6.07, 6.45) is 7.30. The van der Waals surface area contributed by atoms with Crippen LogP contribution in [0.5, 0.6) is 0 Å². The van der Waals surface area contributed by atoms with Crippen LogP contribution in [-0.4, -0.2) is 4.37 Å². The average Bonchev–Trinajstić information content (AvgIpc) is 2.77. The van der Waals surface area contributed by atoms with E-state index in [-0.39, 0.29) is 5.41 Å². The van der Waals surface area contributed by atoms with E-state index in [1.54, 1.807) is 0 Å². The number of nitrogens with zero attached hydrogens (tertiary/aromatic N) is 2. The Morgan fingerprint density at radius 3 is 2.85 bits per heavy atom. The summed E-state index contributed by atoms with van der Waals surface area (Å²) in [5.41, 5.74) is -0.0630. The van der Waals surface area contributed by atoms with Gasteiger partial charge in [-0.2, -0.15) is 5.26 Å². The second-order valence-electron chi connectivity index (χ2n) is 3.75. The molecule has 0 N–H and O–H groups in total. The maximum Gasteiger partial charge on any atom is 0.0693 e. The van der Waals surface area contributed by atoms with Crippen LogP contribution in [0.25, 0.3) is 0 Å². The number of hydrogen-bond donors (Lipinski definition) is 0. The van der Waals surface area contributed by atoms with Crippen LogP contribution in [0.2, 0.25) is 0 Å². The lowest BCUT2D eigenvalue weighted by molar-refractivity contribution is 0.411. The van der Waals surface area contributed by atoms with Gasteiger partial charge < -0.3 is 0 Å². The minimum Gasteiger partial charge on any atom is -0.201 e. The van der Waals surface area contributed by atoms with E-state index in [1.807, 2.05) is 12.3 Å². The van der Waals surface area contributed by atoms with Crippen molar-refractivity contribution in [2.45, 2.75) is 32.1 Å². The normalized spacial score (nSPS) is 19.9. The topological polar surface area (TPSA) is 36.7 Å². The molecule has 13 heavy (non-hydrogen) atoms. The molecular weight excluding hydrogens is 180 g/mol. The highest BCUT2D eigenvalue weighted by molar-refractivity contribution is 7.05. The first-order valence-electron chi connectivity index (χ1n) is 4.65. The number of nitriles is 1. The molecule has 3 heteroatoms. The summed E-state index contributed by atoms with van der Waals surface area (Å²) in [5, 5.41) is 9.15. The van der Waals surface area contributed by atoms with E-state index in [1.165, 1.54) is 29.3 Å². The molecule has 1 aliphatic carbocycles. The van der Waals surface area contributed by atoms with Crippen molar-refractivity contribution >= 4 is 11.5 Å². The van der Waals surface area contributed by atoms with E-state index in [0.717, 1.165) is 19.3 Å². The van der Waals surface area contributed by atoms with Crippen molar-refractivity contribution in [1.82, 2.24) is 4.37 Å². The molecule has 1 fully saturated rings. The lowest BCUT2D eigenvalue weighted by Crippen LogP contribution is -2.16. The summed E-state index contributed by atoms with van der Waals surface area (Å²) in [5.74, 6) is 0. The largest absolute Gasteiger partial charge is 0.201 e. The summed E-state index contributed by atoms with van der Waals surface area (Å²) in [6, 6.07) is 4.52. The van der Waals surface area contributed by atoms with Crippen LogP contribution in [0.1, 0.15) is 30.6 Å². The van der Waals surface area contributed by atoms with Crippen LogP contribution in [0.15, 0.2) is 12.3 Å². The summed E-state index contributed by atoms with van der Waals surface area (Å²) in [6.45, 7) is 0. The van der Waals surface area contributed by atoms with Gasteiger partial charge in [-0.1, -0.05) is 12.8 Å². The molecular formula is C10H12N2S. The van der Waals surface area contributed by atoms with Gasteiger partial charge in [0, 0.05) is 17.5 Å². The molecule has 0 bridgehead atoms. The molecule has 68 valence electrons. The zero-order chi connectivity index (χ0) is 9.15. The Bertz CT molecular complexity index is 304. The predicted molar refractivity (Wildman–Crippen MR) is 52.3 cm³/mol. The first kappa shape index (κ1) is 8.71. The number of hydrogen-bond acceptors (Lipinski definition) is 3.